The van der Waals surface area contributed by atoms with Crippen LogP contribution in [0.3, 0.4) is 0 Å². The number of aromatic nitrogens is 3. The molecular weight excluding hydrogens is 248 g/mol. The van der Waals surface area contributed by atoms with Crippen molar-refractivity contribution >= 4 is 23.6 Å². The number of rotatable bonds is 3. The predicted molar refractivity (Wildman–Crippen MR) is 58.4 cm³/mol. The number of halogens is 1. The lowest BCUT2D eigenvalue weighted by molar-refractivity contribution is -0.384. The van der Waals surface area contributed by atoms with E-state index >= 15 is 0 Å². The fourth-order valence-electron chi connectivity index (χ4n) is 1.24. The van der Waals surface area contributed by atoms with Gasteiger partial charge in [-0.15, -0.1) is 5.10 Å². The maximum Gasteiger partial charge on any atom is 0.271 e. The number of nitro groups is 1. The van der Waals surface area contributed by atoms with E-state index in [9.17, 15) is 14.9 Å². The Morgan fingerprint density at radius 3 is 2.82 bits per heavy atom. The summed E-state index contributed by atoms with van der Waals surface area (Å²) in [6, 6.07) is 3.92. The average Bonchev–Trinajstić information content (AvgIpc) is 2.77. The number of benzene rings is 1. The van der Waals surface area contributed by atoms with Crippen molar-refractivity contribution < 1.29 is 9.72 Å². The maximum absolute atomic E-state index is 10.6. The van der Waals surface area contributed by atoms with Crippen LogP contribution in [0.5, 0.6) is 0 Å². The Morgan fingerprint density at radius 2 is 2.24 bits per heavy atom. The molecular formula is C9H5ClN4O3. The zero-order valence-corrected chi connectivity index (χ0v) is 9.03. The van der Waals surface area contributed by atoms with E-state index in [1.54, 1.807) is 0 Å². The van der Waals surface area contributed by atoms with Crippen molar-refractivity contribution in [1.82, 2.24) is 15.0 Å². The summed E-state index contributed by atoms with van der Waals surface area (Å²) in [4.78, 5) is 20.5. The molecule has 0 aliphatic carbocycles. The summed E-state index contributed by atoms with van der Waals surface area (Å²) in [7, 11) is 0. The zero-order chi connectivity index (χ0) is 12.4. The first-order valence-corrected chi connectivity index (χ1v) is 4.81. The number of non-ortho nitro benzene ring substituents is 1. The van der Waals surface area contributed by atoms with E-state index in [2.05, 4.69) is 10.3 Å². The molecule has 0 unspecified atom stereocenters. The van der Waals surface area contributed by atoms with Crippen molar-refractivity contribution in [3.8, 4) is 5.69 Å². The minimum absolute atomic E-state index is 0.118. The number of carbonyl (C=O) groups excluding carboxylic acids is 1. The third kappa shape index (κ3) is 2.13. The molecule has 1 aromatic carbocycles. The van der Waals surface area contributed by atoms with Gasteiger partial charge >= 0.3 is 0 Å². The number of nitrogens with zero attached hydrogens (tertiary/aromatic N) is 4. The van der Waals surface area contributed by atoms with Gasteiger partial charge in [0.15, 0.2) is 6.29 Å². The Labute approximate surface area is 99.8 Å². The van der Waals surface area contributed by atoms with Crippen LogP contribution < -0.4 is 0 Å². The fraction of sp³-hybridized carbons (Fsp3) is 0. The molecule has 0 radical (unpaired) electrons. The summed E-state index contributed by atoms with van der Waals surface area (Å²) in [6.07, 6.45) is 1.85. The van der Waals surface area contributed by atoms with Crippen molar-refractivity contribution in [3.05, 3.63) is 45.2 Å². The molecule has 1 aromatic heterocycles. The van der Waals surface area contributed by atoms with E-state index in [0.717, 1.165) is 0 Å². The second-order valence-electron chi connectivity index (χ2n) is 3.10. The number of nitro benzene ring substituents is 1. The molecule has 0 saturated heterocycles. The van der Waals surface area contributed by atoms with E-state index < -0.39 is 4.92 Å². The molecule has 0 aliphatic rings. The topological polar surface area (TPSA) is 90.9 Å². The maximum atomic E-state index is 10.6. The highest BCUT2D eigenvalue weighted by molar-refractivity contribution is 6.32. The lowest BCUT2D eigenvalue weighted by Crippen LogP contribution is -1.98. The summed E-state index contributed by atoms with van der Waals surface area (Å²) in [5, 5.41) is 18.1. The third-order valence-corrected chi connectivity index (χ3v) is 2.34. The summed E-state index contributed by atoms with van der Waals surface area (Å²) in [5.74, 6) is 0. The summed E-state index contributed by atoms with van der Waals surface area (Å²) < 4.78 is 1.21. The summed E-state index contributed by atoms with van der Waals surface area (Å²) in [6.45, 7) is 0. The molecule has 0 fully saturated rings. The highest BCUT2D eigenvalue weighted by Crippen LogP contribution is 2.24. The van der Waals surface area contributed by atoms with Crippen LogP contribution in [0.4, 0.5) is 5.69 Å². The standard InChI is InChI=1S/C9H5ClN4O3/c10-8-2-1-7(14(16)17)3-9(8)13-4-6(5-15)11-12-13/h1-5H. The quantitative estimate of drug-likeness (QED) is 0.470. The van der Waals surface area contributed by atoms with Gasteiger partial charge < -0.3 is 0 Å². The molecule has 0 saturated carbocycles. The lowest BCUT2D eigenvalue weighted by atomic mass is 10.3. The Kier molecular flexibility index (Phi) is 2.84. The summed E-state index contributed by atoms with van der Waals surface area (Å²) in [5.41, 5.74) is 0.293. The Hall–Kier alpha value is -2.28. The summed E-state index contributed by atoms with van der Waals surface area (Å²) >= 11 is 5.89. The van der Waals surface area contributed by atoms with Crippen LogP contribution in [0.1, 0.15) is 10.5 Å². The predicted octanol–water partition coefficient (Wildman–Crippen LogP) is 1.64. The Morgan fingerprint density at radius 1 is 1.47 bits per heavy atom. The first kappa shape index (κ1) is 11.2. The monoisotopic (exact) mass is 252 g/mol. The van der Waals surface area contributed by atoms with E-state index in [0.29, 0.717) is 12.0 Å². The Balaban J connectivity index is 2.53. The zero-order valence-electron chi connectivity index (χ0n) is 8.28. The first-order chi connectivity index (χ1) is 8.11. The lowest BCUT2D eigenvalue weighted by Gasteiger charge is -2.02. The second kappa shape index (κ2) is 4.30. The molecule has 0 bridgehead atoms. The molecule has 0 amide bonds. The van der Waals surface area contributed by atoms with E-state index in [4.69, 9.17) is 11.6 Å². The normalized spacial score (nSPS) is 10.2. The second-order valence-corrected chi connectivity index (χ2v) is 3.51. The van der Waals surface area contributed by atoms with Gasteiger partial charge in [0.05, 0.1) is 21.8 Å². The molecule has 86 valence electrons. The number of aldehydes is 1. The largest absolute Gasteiger partial charge is 0.296 e. The molecule has 0 spiro atoms. The number of hydrogen-bond acceptors (Lipinski definition) is 5. The van der Waals surface area contributed by atoms with Crippen molar-refractivity contribution in [2.45, 2.75) is 0 Å². The van der Waals surface area contributed by atoms with Crippen LogP contribution in [0.25, 0.3) is 5.69 Å². The van der Waals surface area contributed by atoms with Gasteiger partial charge in [0.25, 0.3) is 5.69 Å². The van der Waals surface area contributed by atoms with Crippen molar-refractivity contribution in [2.24, 2.45) is 0 Å². The number of hydrogen-bond donors (Lipinski definition) is 0. The minimum atomic E-state index is -0.544. The van der Waals surface area contributed by atoms with Crippen molar-refractivity contribution in [2.75, 3.05) is 0 Å². The van der Waals surface area contributed by atoms with Gasteiger partial charge in [-0.3, -0.25) is 14.9 Å². The molecule has 8 heteroatoms. The van der Waals surface area contributed by atoms with E-state index in [1.807, 2.05) is 0 Å². The van der Waals surface area contributed by atoms with Gasteiger partial charge in [0.2, 0.25) is 0 Å². The van der Waals surface area contributed by atoms with Gasteiger partial charge in [0.1, 0.15) is 5.69 Å². The molecule has 0 N–H and O–H groups in total. The van der Waals surface area contributed by atoms with Crippen molar-refractivity contribution in [3.63, 3.8) is 0 Å². The van der Waals surface area contributed by atoms with Gasteiger partial charge in [-0.05, 0) is 6.07 Å². The third-order valence-electron chi connectivity index (χ3n) is 2.02. The Bertz CT molecular complexity index is 596. The fourth-order valence-corrected chi connectivity index (χ4v) is 1.44. The molecule has 17 heavy (non-hydrogen) atoms. The van der Waals surface area contributed by atoms with Crippen LogP contribution in [0, 0.1) is 10.1 Å². The van der Waals surface area contributed by atoms with Gasteiger partial charge in [-0.2, -0.15) is 0 Å². The molecule has 0 aliphatic heterocycles. The van der Waals surface area contributed by atoms with Crippen LogP contribution in [0.15, 0.2) is 24.4 Å². The first-order valence-electron chi connectivity index (χ1n) is 4.43. The smallest absolute Gasteiger partial charge is 0.271 e. The van der Waals surface area contributed by atoms with Crippen LogP contribution in [-0.2, 0) is 0 Å². The molecule has 2 aromatic rings. The minimum Gasteiger partial charge on any atom is -0.296 e. The highest BCUT2D eigenvalue weighted by atomic mass is 35.5. The van der Waals surface area contributed by atoms with Crippen LogP contribution in [0.2, 0.25) is 5.02 Å². The van der Waals surface area contributed by atoms with Gasteiger partial charge in [-0.25, -0.2) is 4.68 Å². The molecule has 2 rings (SSSR count). The van der Waals surface area contributed by atoms with Crippen molar-refractivity contribution in [1.29, 1.82) is 0 Å². The number of carbonyl (C=O) groups is 1. The van der Waals surface area contributed by atoms with Crippen LogP contribution >= 0.6 is 11.6 Å². The van der Waals surface area contributed by atoms with E-state index in [1.165, 1.54) is 29.1 Å². The molecule has 7 nitrogen and oxygen atoms in total. The highest BCUT2D eigenvalue weighted by Gasteiger charge is 2.12. The van der Waals surface area contributed by atoms with Gasteiger partial charge in [0, 0.05) is 12.1 Å². The molecule has 0 atom stereocenters. The van der Waals surface area contributed by atoms with Gasteiger partial charge in [-0.1, -0.05) is 16.8 Å². The van der Waals surface area contributed by atoms with Crippen LogP contribution in [-0.4, -0.2) is 26.2 Å². The molecule has 1 heterocycles. The van der Waals surface area contributed by atoms with E-state index in [-0.39, 0.29) is 16.4 Å². The SMILES string of the molecule is O=Cc1cn(-c2cc([N+](=O)[O-])ccc2Cl)nn1. The average molecular weight is 253 g/mol.